The number of amides is 2. The highest BCUT2D eigenvalue weighted by Crippen LogP contribution is 2.11. The standard InChI is InChI=1S/C17H30N2O6/c1-10(2)8-12(18-11(3)20)15(22)19-13(16(23)24-7)9-14(21)25-17(4,5)6/h10,12-13H,8-9H2,1-7H3,(H,18,20)(H,19,22)/t12-,13-/m0/s1. The summed E-state index contributed by atoms with van der Waals surface area (Å²) >= 11 is 0. The van der Waals surface area contributed by atoms with E-state index in [2.05, 4.69) is 15.4 Å². The van der Waals surface area contributed by atoms with Gasteiger partial charge in [0.15, 0.2) is 0 Å². The van der Waals surface area contributed by atoms with E-state index in [1.807, 2.05) is 13.8 Å². The summed E-state index contributed by atoms with van der Waals surface area (Å²) in [5, 5.41) is 5.01. The Hall–Kier alpha value is -2.12. The Morgan fingerprint density at radius 2 is 1.56 bits per heavy atom. The van der Waals surface area contributed by atoms with E-state index in [0.717, 1.165) is 7.11 Å². The lowest BCUT2D eigenvalue weighted by Gasteiger charge is -2.24. The molecule has 8 nitrogen and oxygen atoms in total. The Morgan fingerprint density at radius 1 is 1.00 bits per heavy atom. The van der Waals surface area contributed by atoms with Crippen molar-refractivity contribution in [1.29, 1.82) is 0 Å². The van der Waals surface area contributed by atoms with Crippen LogP contribution < -0.4 is 10.6 Å². The normalized spacial score (nSPS) is 13.6. The van der Waals surface area contributed by atoms with Crippen LogP contribution in [0.1, 0.15) is 54.4 Å². The molecule has 0 aromatic heterocycles. The fourth-order valence-corrected chi connectivity index (χ4v) is 2.11. The fraction of sp³-hybridized carbons (Fsp3) is 0.765. The second kappa shape index (κ2) is 10.0. The van der Waals surface area contributed by atoms with Crippen LogP contribution in [0.2, 0.25) is 0 Å². The summed E-state index contributed by atoms with van der Waals surface area (Å²) in [7, 11) is 1.16. The highest BCUT2D eigenvalue weighted by molar-refractivity contribution is 5.92. The molecule has 0 bridgehead atoms. The zero-order valence-corrected chi connectivity index (χ0v) is 16.1. The first kappa shape index (κ1) is 22.9. The van der Waals surface area contributed by atoms with Crippen molar-refractivity contribution in [2.24, 2.45) is 5.92 Å². The summed E-state index contributed by atoms with van der Waals surface area (Å²) in [5.41, 5.74) is -0.710. The quantitative estimate of drug-likeness (QED) is 0.625. The first-order valence-corrected chi connectivity index (χ1v) is 8.22. The first-order chi connectivity index (χ1) is 11.4. The van der Waals surface area contributed by atoms with Crippen LogP contribution in [0, 0.1) is 5.92 Å². The molecule has 0 saturated heterocycles. The molecule has 0 spiro atoms. The average molecular weight is 358 g/mol. The van der Waals surface area contributed by atoms with Gasteiger partial charge in [0, 0.05) is 6.92 Å². The number of carbonyl (C=O) groups is 4. The monoisotopic (exact) mass is 358 g/mol. The van der Waals surface area contributed by atoms with E-state index in [1.165, 1.54) is 6.92 Å². The van der Waals surface area contributed by atoms with E-state index >= 15 is 0 Å². The number of esters is 2. The lowest BCUT2D eigenvalue weighted by molar-refractivity contribution is -0.159. The van der Waals surface area contributed by atoms with Gasteiger partial charge in [-0.15, -0.1) is 0 Å². The number of rotatable bonds is 8. The number of ether oxygens (including phenoxy) is 2. The smallest absolute Gasteiger partial charge is 0.328 e. The number of nitrogens with one attached hydrogen (secondary N) is 2. The molecule has 0 aromatic carbocycles. The van der Waals surface area contributed by atoms with Crippen molar-refractivity contribution < 1.29 is 28.7 Å². The summed E-state index contributed by atoms with van der Waals surface area (Å²) in [6.45, 7) is 10.2. The van der Waals surface area contributed by atoms with Gasteiger partial charge in [0.2, 0.25) is 11.8 Å². The highest BCUT2D eigenvalue weighted by Gasteiger charge is 2.30. The molecular weight excluding hydrogens is 328 g/mol. The zero-order valence-electron chi connectivity index (χ0n) is 16.1. The summed E-state index contributed by atoms with van der Waals surface area (Å²) in [6.07, 6.45) is 0.0376. The summed E-state index contributed by atoms with van der Waals surface area (Å²) in [5.74, 6) is -2.16. The van der Waals surface area contributed by atoms with Crippen molar-refractivity contribution in [3.63, 3.8) is 0 Å². The fourth-order valence-electron chi connectivity index (χ4n) is 2.11. The molecule has 0 aromatic rings. The third-order valence-corrected chi connectivity index (χ3v) is 2.99. The topological polar surface area (TPSA) is 111 Å². The van der Waals surface area contributed by atoms with Gasteiger partial charge < -0.3 is 20.1 Å². The second-order valence-corrected chi connectivity index (χ2v) is 7.26. The van der Waals surface area contributed by atoms with E-state index in [9.17, 15) is 19.2 Å². The third kappa shape index (κ3) is 10.4. The second-order valence-electron chi connectivity index (χ2n) is 7.26. The molecule has 2 amide bonds. The van der Waals surface area contributed by atoms with E-state index in [4.69, 9.17) is 4.74 Å². The molecule has 0 aliphatic carbocycles. The first-order valence-electron chi connectivity index (χ1n) is 8.22. The predicted molar refractivity (Wildman–Crippen MR) is 91.5 cm³/mol. The van der Waals surface area contributed by atoms with Crippen molar-refractivity contribution in [3.8, 4) is 0 Å². The van der Waals surface area contributed by atoms with Crippen LogP contribution in [-0.4, -0.2) is 48.5 Å². The third-order valence-electron chi connectivity index (χ3n) is 2.99. The Labute approximate surface area is 149 Å². The van der Waals surface area contributed by atoms with E-state index in [0.29, 0.717) is 6.42 Å². The molecule has 0 aliphatic rings. The minimum absolute atomic E-state index is 0.144. The molecule has 0 rings (SSSR count). The van der Waals surface area contributed by atoms with Gasteiger partial charge in [-0.3, -0.25) is 14.4 Å². The van der Waals surface area contributed by atoms with Crippen LogP contribution in [0.25, 0.3) is 0 Å². The van der Waals surface area contributed by atoms with Gasteiger partial charge in [-0.25, -0.2) is 4.79 Å². The van der Waals surface area contributed by atoms with E-state index < -0.39 is 35.5 Å². The van der Waals surface area contributed by atoms with Crippen LogP contribution in [0.5, 0.6) is 0 Å². The number of carbonyl (C=O) groups excluding carboxylic acids is 4. The van der Waals surface area contributed by atoms with Crippen molar-refractivity contribution in [2.45, 2.75) is 72.1 Å². The molecule has 0 saturated carbocycles. The molecule has 25 heavy (non-hydrogen) atoms. The molecule has 0 fully saturated rings. The number of hydrogen-bond acceptors (Lipinski definition) is 6. The summed E-state index contributed by atoms with van der Waals surface area (Å²) in [4.78, 5) is 47.5. The Balaban J connectivity index is 5.09. The van der Waals surface area contributed by atoms with Crippen LogP contribution in [-0.2, 0) is 28.7 Å². The minimum atomic E-state index is -1.18. The molecule has 0 heterocycles. The maximum Gasteiger partial charge on any atom is 0.328 e. The van der Waals surface area contributed by atoms with Gasteiger partial charge in [0.05, 0.1) is 13.5 Å². The van der Waals surface area contributed by atoms with Gasteiger partial charge in [-0.1, -0.05) is 13.8 Å². The molecule has 0 unspecified atom stereocenters. The largest absolute Gasteiger partial charge is 0.467 e. The van der Waals surface area contributed by atoms with E-state index in [-0.39, 0.29) is 18.2 Å². The van der Waals surface area contributed by atoms with E-state index in [1.54, 1.807) is 20.8 Å². The zero-order chi connectivity index (χ0) is 19.8. The molecule has 0 aliphatic heterocycles. The Bertz CT molecular complexity index is 496. The molecule has 2 atom stereocenters. The van der Waals surface area contributed by atoms with Gasteiger partial charge in [0.1, 0.15) is 17.7 Å². The number of hydrogen-bond donors (Lipinski definition) is 2. The SMILES string of the molecule is COC(=O)[C@H](CC(=O)OC(C)(C)C)NC(=O)[C@H](CC(C)C)NC(C)=O. The maximum atomic E-state index is 12.4. The molecule has 8 heteroatoms. The number of methoxy groups -OCH3 is 1. The molecule has 144 valence electrons. The van der Waals surface area contributed by atoms with Gasteiger partial charge in [-0.05, 0) is 33.1 Å². The van der Waals surface area contributed by atoms with Gasteiger partial charge in [-0.2, -0.15) is 0 Å². The lowest BCUT2D eigenvalue weighted by atomic mass is 10.0. The molecule has 0 radical (unpaired) electrons. The van der Waals surface area contributed by atoms with Crippen molar-refractivity contribution in [2.75, 3.05) is 7.11 Å². The molecular formula is C17H30N2O6. The predicted octanol–water partition coefficient (Wildman–Crippen LogP) is 0.927. The molecule has 2 N–H and O–H groups in total. The van der Waals surface area contributed by atoms with Crippen LogP contribution in [0.15, 0.2) is 0 Å². The van der Waals surface area contributed by atoms with Crippen molar-refractivity contribution in [3.05, 3.63) is 0 Å². The van der Waals surface area contributed by atoms with Crippen LogP contribution >= 0.6 is 0 Å². The van der Waals surface area contributed by atoms with Crippen LogP contribution in [0.4, 0.5) is 0 Å². The van der Waals surface area contributed by atoms with Gasteiger partial charge in [0.25, 0.3) is 0 Å². The van der Waals surface area contributed by atoms with Gasteiger partial charge >= 0.3 is 11.9 Å². The average Bonchev–Trinajstić information content (AvgIpc) is 2.41. The Morgan fingerprint density at radius 3 is 1.96 bits per heavy atom. The van der Waals surface area contributed by atoms with Crippen molar-refractivity contribution >= 4 is 23.8 Å². The highest BCUT2D eigenvalue weighted by atomic mass is 16.6. The van der Waals surface area contributed by atoms with Crippen LogP contribution in [0.3, 0.4) is 0 Å². The lowest BCUT2D eigenvalue weighted by Crippen LogP contribution is -2.52. The summed E-state index contributed by atoms with van der Waals surface area (Å²) in [6, 6.07) is -1.99. The Kier molecular flexibility index (Phi) is 9.16. The minimum Gasteiger partial charge on any atom is -0.467 e. The van der Waals surface area contributed by atoms with Crippen molar-refractivity contribution in [1.82, 2.24) is 10.6 Å². The summed E-state index contributed by atoms with van der Waals surface area (Å²) < 4.78 is 9.80. The maximum absolute atomic E-state index is 12.4.